The molecule has 1 aliphatic heterocycles. The number of hydrogen-bond acceptors (Lipinski definition) is 4. The molecule has 2 aliphatic rings. The molecule has 2 aromatic rings. The molecule has 0 unspecified atom stereocenters. The highest BCUT2D eigenvalue weighted by Crippen LogP contribution is 2.31. The third-order valence-electron chi connectivity index (χ3n) is 6.23. The van der Waals surface area contributed by atoms with Gasteiger partial charge in [0.2, 0.25) is 12.3 Å². The van der Waals surface area contributed by atoms with Crippen LogP contribution < -0.4 is 10.2 Å². The summed E-state index contributed by atoms with van der Waals surface area (Å²) >= 11 is 6.36. The Morgan fingerprint density at radius 2 is 1.71 bits per heavy atom. The van der Waals surface area contributed by atoms with Crippen LogP contribution in [0.5, 0.6) is 0 Å². The molecule has 0 atom stereocenters. The second-order valence-corrected chi connectivity index (χ2v) is 8.94. The summed E-state index contributed by atoms with van der Waals surface area (Å²) in [6.45, 7) is 2.12. The Morgan fingerprint density at radius 3 is 2.35 bits per heavy atom. The minimum atomic E-state index is -0.297. The molecule has 1 aliphatic carbocycles. The molecule has 1 saturated heterocycles. The van der Waals surface area contributed by atoms with E-state index in [4.69, 9.17) is 11.6 Å². The summed E-state index contributed by atoms with van der Waals surface area (Å²) in [6, 6.07) is 11.9. The van der Waals surface area contributed by atoms with E-state index >= 15 is 0 Å². The molecule has 1 saturated carbocycles. The van der Waals surface area contributed by atoms with E-state index in [1.165, 1.54) is 11.9 Å². The van der Waals surface area contributed by atoms with E-state index in [9.17, 15) is 19.2 Å². The summed E-state index contributed by atoms with van der Waals surface area (Å²) in [7, 11) is 1.53. The zero-order chi connectivity index (χ0) is 24.2. The second kappa shape index (κ2) is 10.3. The molecule has 1 heterocycles. The van der Waals surface area contributed by atoms with Crippen molar-refractivity contribution in [3.05, 3.63) is 64.2 Å². The van der Waals surface area contributed by atoms with E-state index in [2.05, 4.69) is 5.32 Å². The number of rotatable bonds is 7. The lowest BCUT2D eigenvalue weighted by atomic mass is 10.1. The van der Waals surface area contributed by atoms with Gasteiger partial charge in [0.15, 0.2) is 0 Å². The van der Waals surface area contributed by atoms with Crippen LogP contribution in [0.3, 0.4) is 0 Å². The molecule has 2 aromatic carbocycles. The fraction of sp³-hybridized carbons (Fsp3) is 0.360. The maximum atomic E-state index is 13.2. The SMILES string of the molecule is CNC(=O)c1ccccc1N(C=O)Cc1ccc(Cl)c(C(=O)N2CCN(C(=O)C3CC3)CC2)c1. The highest BCUT2D eigenvalue weighted by molar-refractivity contribution is 6.33. The maximum Gasteiger partial charge on any atom is 0.255 e. The molecule has 0 aromatic heterocycles. The van der Waals surface area contributed by atoms with E-state index in [0.717, 1.165) is 12.8 Å². The molecule has 2 fully saturated rings. The van der Waals surface area contributed by atoms with Crippen LogP contribution in [-0.4, -0.2) is 67.2 Å². The molecule has 8 nitrogen and oxygen atoms in total. The Bertz CT molecular complexity index is 1110. The molecule has 0 bridgehead atoms. The zero-order valence-corrected chi connectivity index (χ0v) is 19.8. The lowest BCUT2D eigenvalue weighted by Gasteiger charge is -2.35. The number of nitrogens with one attached hydrogen (secondary N) is 1. The minimum Gasteiger partial charge on any atom is -0.355 e. The second-order valence-electron chi connectivity index (χ2n) is 8.54. The average molecular weight is 483 g/mol. The van der Waals surface area contributed by atoms with Crippen molar-refractivity contribution < 1.29 is 19.2 Å². The van der Waals surface area contributed by atoms with Crippen LogP contribution in [0.1, 0.15) is 39.1 Å². The first-order valence-corrected chi connectivity index (χ1v) is 11.7. The number of para-hydroxylation sites is 1. The first kappa shape index (κ1) is 23.8. The van der Waals surface area contributed by atoms with Crippen LogP contribution in [-0.2, 0) is 16.1 Å². The van der Waals surface area contributed by atoms with Gasteiger partial charge in [-0.2, -0.15) is 0 Å². The molecule has 1 N–H and O–H groups in total. The van der Waals surface area contributed by atoms with Gasteiger partial charge >= 0.3 is 0 Å². The van der Waals surface area contributed by atoms with Gasteiger partial charge in [-0.25, -0.2) is 0 Å². The first-order chi connectivity index (χ1) is 16.4. The summed E-state index contributed by atoms with van der Waals surface area (Å²) in [6.07, 6.45) is 2.59. The van der Waals surface area contributed by atoms with Gasteiger partial charge in [-0.05, 0) is 42.7 Å². The fourth-order valence-corrected chi connectivity index (χ4v) is 4.35. The number of piperazine rings is 1. The Labute approximate surface area is 203 Å². The third kappa shape index (κ3) is 5.07. The Kier molecular flexibility index (Phi) is 7.17. The monoisotopic (exact) mass is 482 g/mol. The number of benzene rings is 2. The van der Waals surface area contributed by atoms with Gasteiger partial charge in [0, 0.05) is 39.1 Å². The standard InChI is InChI=1S/C25H27ClN4O4/c1-27-23(32)19-4-2-3-5-22(19)30(16-31)15-17-6-9-21(26)20(14-17)25(34)29-12-10-28(11-13-29)24(33)18-7-8-18/h2-6,9,14,16,18H,7-8,10-13,15H2,1H3,(H,27,32). The van der Waals surface area contributed by atoms with Crippen molar-refractivity contribution in [2.45, 2.75) is 19.4 Å². The summed E-state index contributed by atoms with van der Waals surface area (Å²) in [5, 5.41) is 2.91. The number of anilines is 1. The molecular weight excluding hydrogens is 456 g/mol. The van der Waals surface area contributed by atoms with Gasteiger partial charge in [0.25, 0.3) is 11.8 Å². The van der Waals surface area contributed by atoms with Crippen LogP contribution in [0.2, 0.25) is 5.02 Å². The van der Waals surface area contributed by atoms with Crippen molar-refractivity contribution in [3.63, 3.8) is 0 Å². The van der Waals surface area contributed by atoms with E-state index in [-0.39, 0.29) is 30.2 Å². The molecule has 0 spiro atoms. The van der Waals surface area contributed by atoms with Gasteiger partial charge in [-0.1, -0.05) is 29.8 Å². The lowest BCUT2D eigenvalue weighted by Crippen LogP contribution is -2.51. The number of hydrogen-bond donors (Lipinski definition) is 1. The van der Waals surface area contributed by atoms with E-state index in [1.807, 2.05) is 4.90 Å². The highest BCUT2D eigenvalue weighted by Gasteiger charge is 2.35. The van der Waals surface area contributed by atoms with Crippen molar-refractivity contribution in [1.29, 1.82) is 0 Å². The summed E-state index contributed by atoms with van der Waals surface area (Å²) in [5.74, 6) is -0.136. The summed E-state index contributed by atoms with van der Waals surface area (Å²) in [4.78, 5) is 54.6. The van der Waals surface area contributed by atoms with Crippen LogP contribution in [0.4, 0.5) is 5.69 Å². The third-order valence-corrected chi connectivity index (χ3v) is 6.56. The Morgan fingerprint density at radius 1 is 1.03 bits per heavy atom. The zero-order valence-electron chi connectivity index (χ0n) is 19.0. The summed E-state index contributed by atoms with van der Waals surface area (Å²) < 4.78 is 0. The van der Waals surface area contributed by atoms with Crippen LogP contribution >= 0.6 is 11.6 Å². The van der Waals surface area contributed by atoms with Crippen molar-refractivity contribution in [3.8, 4) is 0 Å². The number of amides is 4. The maximum absolute atomic E-state index is 13.2. The van der Waals surface area contributed by atoms with E-state index in [1.54, 1.807) is 47.4 Å². The van der Waals surface area contributed by atoms with Crippen LogP contribution in [0, 0.1) is 5.92 Å². The number of carbonyl (C=O) groups is 4. The molecule has 178 valence electrons. The molecular formula is C25H27ClN4O4. The van der Waals surface area contributed by atoms with Crippen molar-refractivity contribution >= 4 is 41.4 Å². The predicted octanol–water partition coefficient (Wildman–Crippen LogP) is 2.56. The van der Waals surface area contributed by atoms with Crippen LogP contribution in [0.15, 0.2) is 42.5 Å². The van der Waals surface area contributed by atoms with Crippen LogP contribution in [0.25, 0.3) is 0 Å². The van der Waals surface area contributed by atoms with Gasteiger partial charge in [0.05, 0.1) is 28.4 Å². The predicted molar refractivity (Wildman–Crippen MR) is 129 cm³/mol. The number of nitrogens with zero attached hydrogens (tertiary/aromatic N) is 3. The van der Waals surface area contributed by atoms with Gasteiger partial charge < -0.3 is 20.0 Å². The Hall–Kier alpha value is -3.39. The average Bonchev–Trinajstić information content (AvgIpc) is 3.72. The number of halogens is 1. The van der Waals surface area contributed by atoms with Gasteiger partial charge in [0.1, 0.15) is 0 Å². The fourth-order valence-electron chi connectivity index (χ4n) is 4.15. The van der Waals surface area contributed by atoms with Crippen molar-refractivity contribution in [1.82, 2.24) is 15.1 Å². The van der Waals surface area contributed by atoms with Crippen molar-refractivity contribution in [2.24, 2.45) is 5.92 Å². The molecule has 4 rings (SSSR count). The molecule has 9 heteroatoms. The smallest absolute Gasteiger partial charge is 0.255 e. The highest BCUT2D eigenvalue weighted by atomic mass is 35.5. The quantitative estimate of drug-likeness (QED) is 0.614. The molecule has 0 radical (unpaired) electrons. The van der Waals surface area contributed by atoms with E-state index < -0.39 is 0 Å². The summed E-state index contributed by atoms with van der Waals surface area (Å²) in [5.41, 5.74) is 1.90. The lowest BCUT2D eigenvalue weighted by molar-refractivity contribution is -0.134. The largest absolute Gasteiger partial charge is 0.355 e. The topological polar surface area (TPSA) is 90.0 Å². The van der Waals surface area contributed by atoms with E-state index in [0.29, 0.717) is 60.0 Å². The normalized spacial score (nSPS) is 15.6. The van der Waals surface area contributed by atoms with Gasteiger partial charge in [-0.15, -0.1) is 0 Å². The minimum absolute atomic E-state index is 0.165. The molecule has 34 heavy (non-hydrogen) atoms. The molecule has 4 amide bonds. The Balaban J connectivity index is 1.49. The van der Waals surface area contributed by atoms with Gasteiger partial charge in [-0.3, -0.25) is 19.2 Å². The first-order valence-electron chi connectivity index (χ1n) is 11.3. The number of carbonyl (C=O) groups excluding carboxylic acids is 4. The van der Waals surface area contributed by atoms with Crippen molar-refractivity contribution in [2.75, 3.05) is 38.1 Å².